The average Bonchev–Trinajstić information content (AvgIpc) is 2.34. The van der Waals surface area contributed by atoms with E-state index in [4.69, 9.17) is 10.5 Å². The van der Waals surface area contributed by atoms with Crippen LogP contribution in [0.25, 0.3) is 0 Å². The summed E-state index contributed by atoms with van der Waals surface area (Å²) in [4.78, 5) is 10.3. The third-order valence-electron chi connectivity index (χ3n) is 1.40. The molecular weight excluding hydrogens is 130 g/mol. The van der Waals surface area contributed by atoms with Crippen LogP contribution >= 0.6 is 0 Å². The van der Waals surface area contributed by atoms with Gasteiger partial charge in [-0.2, -0.15) is 0 Å². The Hall–Kier alpha value is -0.990. The van der Waals surface area contributed by atoms with E-state index in [1.807, 2.05) is 6.08 Å². The summed E-state index contributed by atoms with van der Waals surface area (Å²) in [5, 5.41) is 0. The van der Waals surface area contributed by atoms with Crippen molar-refractivity contribution >= 4 is 5.91 Å². The molecule has 0 atom stereocenters. The van der Waals surface area contributed by atoms with Crippen LogP contribution < -0.4 is 5.73 Å². The maximum Gasteiger partial charge on any atom is 0.217 e. The highest BCUT2D eigenvalue weighted by Crippen LogP contribution is 2.13. The summed E-state index contributed by atoms with van der Waals surface area (Å²) in [5.41, 5.74) is 4.95. The van der Waals surface area contributed by atoms with Gasteiger partial charge in [0.05, 0.1) is 12.4 Å². The number of ether oxygens (including phenoxy) is 1. The Labute approximate surface area is 59.8 Å². The summed E-state index contributed by atoms with van der Waals surface area (Å²) >= 11 is 0. The molecule has 0 aliphatic carbocycles. The number of carbonyl (C=O) groups excluding carboxylic acids is 1. The van der Waals surface area contributed by atoms with Gasteiger partial charge >= 0.3 is 0 Å². The van der Waals surface area contributed by atoms with Crippen molar-refractivity contribution in [2.45, 2.75) is 19.3 Å². The second-order valence-corrected chi connectivity index (χ2v) is 2.27. The van der Waals surface area contributed by atoms with E-state index < -0.39 is 0 Å². The quantitative estimate of drug-likeness (QED) is 0.624. The van der Waals surface area contributed by atoms with Gasteiger partial charge in [-0.15, -0.1) is 0 Å². The van der Waals surface area contributed by atoms with Crippen molar-refractivity contribution in [1.29, 1.82) is 0 Å². The zero-order valence-electron chi connectivity index (χ0n) is 5.80. The number of nitrogens with two attached hydrogens (primary N) is 1. The second-order valence-electron chi connectivity index (χ2n) is 2.27. The molecule has 0 aromatic rings. The predicted octanol–water partition coefficient (Wildman–Crippen LogP) is 0.556. The standard InChI is InChI=1S/C7H11NO2/c8-7(9)4-3-6-2-1-5-10-6/h2H,1,3-5H2,(H2,8,9). The van der Waals surface area contributed by atoms with Crippen molar-refractivity contribution in [3.63, 3.8) is 0 Å². The molecule has 0 saturated heterocycles. The normalized spacial score (nSPS) is 16.2. The fourth-order valence-corrected chi connectivity index (χ4v) is 0.889. The first-order valence-electron chi connectivity index (χ1n) is 3.39. The second kappa shape index (κ2) is 3.25. The smallest absolute Gasteiger partial charge is 0.217 e. The Morgan fingerprint density at radius 3 is 3.10 bits per heavy atom. The lowest BCUT2D eigenvalue weighted by atomic mass is 10.2. The molecule has 1 amide bonds. The predicted molar refractivity (Wildman–Crippen MR) is 37.1 cm³/mol. The minimum Gasteiger partial charge on any atom is -0.498 e. The Bertz CT molecular complexity index is 163. The minimum atomic E-state index is -0.267. The zero-order chi connectivity index (χ0) is 7.40. The molecule has 1 aliphatic heterocycles. The molecule has 2 N–H and O–H groups in total. The summed E-state index contributed by atoms with van der Waals surface area (Å²) in [7, 11) is 0. The van der Waals surface area contributed by atoms with E-state index >= 15 is 0 Å². The van der Waals surface area contributed by atoms with Crippen LogP contribution in [0.15, 0.2) is 11.8 Å². The number of hydrogen-bond acceptors (Lipinski definition) is 2. The first-order chi connectivity index (χ1) is 4.79. The van der Waals surface area contributed by atoms with Crippen LogP contribution in [0.1, 0.15) is 19.3 Å². The van der Waals surface area contributed by atoms with Gasteiger partial charge in [-0.25, -0.2) is 0 Å². The highest BCUT2D eigenvalue weighted by Gasteiger charge is 2.05. The van der Waals surface area contributed by atoms with Gasteiger partial charge < -0.3 is 10.5 Å². The van der Waals surface area contributed by atoms with Crippen LogP contribution in [0.2, 0.25) is 0 Å². The highest BCUT2D eigenvalue weighted by atomic mass is 16.5. The van der Waals surface area contributed by atoms with Crippen LogP contribution in [-0.4, -0.2) is 12.5 Å². The van der Waals surface area contributed by atoms with Crippen LogP contribution in [0.3, 0.4) is 0 Å². The van der Waals surface area contributed by atoms with Gasteiger partial charge in [-0.3, -0.25) is 4.79 Å². The summed E-state index contributed by atoms with van der Waals surface area (Å²) in [6.07, 6.45) is 4.03. The molecule has 3 heteroatoms. The van der Waals surface area contributed by atoms with E-state index in [9.17, 15) is 4.79 Å². The summed E-state index contributed by atoms with van der Waals surface area (Å²) in [5.74, 6) is 0.648. The Kier molecular flexibility index (Phi) is 2.31. The molecule has 0 radical (unpaired) electrons. The van der Waals surface area contributed by atoms with Gasteiger partial charge in [0.1, 0.15) is 0 Å². The summed E-state index contributed by atoms with van der Waals surface area (Å²) in [6.45, 7) is 0.758. The van der Waals surface area contributed by atoms with Crippen LogP contribution in [0.5, 0.6) is 0 Å². The molecule has 0 saturated carbocycles. The first-order valence-corrected chi connectivity index (χ1v) is 3.39. The number of allylic oxidation sites excluding steroid dienone is 1. The number of rotatable bonds is 3. The molecule has 56 valence electrons. The molecule has 0 spiro atoms. The number of carbonyl (C=O) groups is 1. The van der Waals surface area contributed by atoms with Gasteiger partial charge in [0.2, 0.25) is 5.91 Å². The Balaban J connectivity index is 2.19. The van der Waals surface area contributed by atoms with Crippen molar-refractivity contribution in [2.75, 3.05) is 6.61 Å². The lowest BCUT2D eigenvalue weighted by molar-refractivity contribution is -0.118. The maximum atomic E-state index is 10.3. The minimum absolute atomic E-state index is 0.267. The molecule has 1 rings (SSSR count). The molecule has 0 unspecified atom stereocenters. The summed E-state index contributed by atoms with van der Waals surface area (Å²) < 4.78 is 5.16. The van der Waals surface area contributed by atoms with Crippen LogP contribution in [0, 0.1) is 0 Å². The fraction of sp³-hybridized carbons (Fsp3) is 0.571. The fourth-order valence-electron chi connectivity index (χ4n) is 0.889. The molecular formula is C7H11NO2. The van der Waals surface area contributed by atoms with Gasteiger partial charge in [0.15, 0.2) is 0 Å². The maximum absolute atomic E-state index is 10.3. The first kappa shape index (κ1) is 7.12. The molecule has 1 heterocycles. The lowest BCUT2D eigenvalue weighted by Crippen LogP contribution is -2.10. The van der Waals surface area contributed by atoms with E-state index in [-0.39, 0.29) is 5.91 Å². The molecule has 0 bridgehead atoms. The van der Waals surface area contributed by atoms with Crippen molar-refractivity contribution in [1.82, 2.24) is 0 Å². The van der Waals surface area contributed by atoms with Gasteiger partial charge in [-0.1, -0.05) is 0 Å². The molecule has 0 aromatic heterocycles. The van der Waals surface area contributed by atoms with Crippen molar-refractivity contribution in [3.05, 3.63) is 11.8 Å². The van der Waals surface area contributed by atoms with Gasteiger partial charge in [-0.05, 0) is 6.08 Å². The van der Waals surface area contributed by atoms with E-state index in [2.05, 4.69) is 0 Å². The highest BCUT2D eigenvalue weighted by molar-refractivity contribution is 5.73. The van der Waals surface area contributed by atoms with Gasteiger partial charge in [0, 0.05) is 19.3 Å². The van der Waals surface area contributed by atoms with E-state index in [1.165, 1.54) is 0 Å². The van der Waals surface area contributed by atoms with Gasteiger partial charge in [0.25, 0.3) is 0 Å². The van der Waals surface area contributed by atoms with Crippen molar-refractivity contribution in [2.24, 2.45) is 5.73 Å². The Morgan fingerprint density at radius 2 is 2.60 bits per heavy atom. The van der Waals surface area contributed by atoms with E-state index in [0.717, 1.165) is 18.8 Å². The number of amides is 1. The van der Waals surface area contributed by atoms with Crippen molar-refractivity contribution < 1.29 is 9.53 Å². The number of primary amides is 1. The third-order valence-corrected chi connectivity index (χ3v) is 1.40. The molecule has 3 nitrogen and oxygen atoms in total. The van der Waals surface area contributed by atoms with Crippen LogP contribution in [0.4, 0.5) is 0 Å². The SMILES string of the molecule is NC(=O)CCC1=CCCO1. The lowest BCUT2D eigenvalue weighted by Gasteiger charge is -1.99. The van der Waals surface area contributed by atoms with E-state index in [1.54, 1.807) is 0 Å². The third kappa shape index (κ3) is 2.09. The largest absolute Gasteiger partial charge is 0.498 e. The molecule has 1 aliphatic rings. The zero-order valence-corrected chi connectivity index (χ0v) is 5.80. The number of hydrogen-bond donors (Lipinski definition) is 1. The Morgan fingerprint density at radius 1 is 1.80 bits per heavy atom. The summed E-state index contributed by atoms with van der Waals surface area (Å²) in [6, 6.07) is 0. The molecule has 0 fully saturated rings. The molecule has 0 aromatic carbocycles. The van der Waals surface area contributed by atoms with Crippen molar-refractivity contribution in [3.8, 4) is 0 Å². The van der Waals surface area contributed by atoms with Crippen LogP contribution in [-0.2, 0) is 9.53 Å². The average molecular weight is 141 g/mol. The monoisotopic (exact) mass is 141 g/mol. The molecule has 10 heavy (non-hydrogen) atoms. The van der Waals surface area contributed by atoms with E-state index in [0.29, 0.717) is 12.8 Å². The topological polar surface area (TPSA) is 52.3 Å².